The van der Waals surface area contributed by atoms with Crippen LogP contribution in [0.25, 0.3) is 10.8 Å². The third-order valence-electron chi connectivity index (χ3n) is 4.11. The van der Waals surface area contributed by atoms with Crippen molar-refractivity contribution in [2.24, 2.45) is 0 Å². The van der Waals surface area contributed by atoms with E-state index in [9.17, 15) is 9.65 Å². The quantitative estimate of drug-likeness (QED) is 0.746. The zero-order valence-corrected chi connectivity index (χ0v) is 13.7. The summed E-state index contributed by atoms with van der Waals surface area (Å²) >= 11 is 0. The van der Waals surface area contributed by atoms with Crippen LogP contribution >= 0.6 is 0 Å². The number of rotatable bonds is 4. The van der Waals surface area contributed by atoms with E-state index >= 15 is 0 Å². The molecule has 3 aromatic rings. The van der Waals surface area contributed by atoms with Crippen LogP contribution in [0.1, 0.15) is 12.1 Å². The van der Waals surface area contributed by atoms with Crippen LogP contribution in [0.5, 0.6) is 5.88 Å². The molecular formula is C18H15FN6O. The minimum absolute atomic E-state index is 0.0339. The number of hydrogen-bond donors (Lipinski definition) is 2. The summed E-state index contributed by atoms with van der Waals surface area (Å²) in [5.41, 5.74) is 0.135. The van der Waals surface area contributed by atoms with Gasteiger partial charge >= 0.3 is 0 Å². The Morgan fingerprint density at radius 2 is 2.19 bits per heavy atom. The Labute approximate surface area is 148 Å². The van der Waals surface area contributed by atoms with Crippen molar-refractivity contribution in [1.29, 1.82) is 5.26 Å². The van der Waals surface area contributed by atoms with Gasteiger partial charge in [-0.25, -0.2) is 14.4 Å². The first-order chi connectivity index (χ1) is 12.7. The Morgan fingerprint density at radius 1 is 1.27 bits per heavy atom. The van der Waals surface area contributed by atoms with Gasteiger partial charge in [0.1, 0.15) is 23.8 Å². The summed E-state index contributed by atoms with van der Waals surface area (Å²) in [6.45, 7) is 1.58. The molecule has 4 rings (SSSR count). The van der Waals surface area contributed by atoms with E-state index < -0.39 is 0 Å². The summed E-state index contributed by atoms with van der Waals surface area (Å²) in [7, 11) is 0. The fourth-order valence-electron chi connectivity index (χ4n) is 2.81. The average molecular weight is 350 g/mol. The van der Waals surface area contributed by atoms with Crippen molar-refractivity contribution < 1.29 is 9.13 Å². The maximum absolute atomic E-state index is 13.7. The number of nitriles is 1. The number of pyridine rings is 1. The van der Waals surface area contributed by atoms with E-state index in [2.05, 4.69) is 25.6 Å². The van der Waals surface area contributed by atoms with Crippen molar-refractivity contribution >= 4 is 22.4 Å². The molecule has 130 valence electrons. The monoisotopic (exact) mass is 350 g/mol. The Bertz CT molecular complexity index is 997. The summed E-state index contributed by atoms with van der Waals surface area (Å²) in [4.78, 5) is 12.6. The molecule has 1 aliphatic rings. The highest BCUT2D eigenvalue weighted by Gasteiger charge is 2.19. The lowest BCUT2D eigenvalue weighted by Crippen LogP contribution is -2.21. The highest BCUT2D eigenvalue weighted by atomic mass is 19.1. The molecule has 8 heteroatoms. The molecule has 26 heavy (non-hydrogen) atoms. The molecular weight excluding hydrogens is 335 g/mol. The van der Waals surface area contributed by atoms with Gasteiger partial charge in [-0.2, -0.15) is 10.2 Å². The molecule has 0 spiro atoms. The number of benzene rings is 1. The van der Waals surface area contributed by atoms with Crippen molar-refractivity contribution in [3.05, 3.63) is 48.2 Å². The summed E-state index contributed by atoms with van der Waals surface area (Å²) in [5, 5.41) is 16.6. The van der Waals surface area contributed by atoms with Gasteiger partial charge in [0, 0.05) is 18.1 Å². The number of nitrogens with zero attached hydrogens (tertiary/aromatic N) is 4. The molecule has 1 aliphatic heterocycles. The van der Waals surface area contributed by atoms with Crippen LogP contribution in [0.4, 0.5) is 16.0 Å². The lowest BCUT2D eigenvalue weighted by molar-refractivity contribution is 0.212. The normalized spacial score (nSPS) is 16.4. The lowest BCUT2D eigenvalue weighted by atomic mass is 10.1. The van der Waals surface area contributed by atoms with Gasteiger partial charge in [0.15, 0.2) is 5.82 Å². The molecule has 2 N–H and O–H groups in total. The molecule has 0 bridgehead atoms. The summed E-state index contributed by atoms with van der Waals surface area (Å²) in [6, 6.07) is 8.55. The predicted octanol–water partition coefficient (Wildman–Crippen LogP) is 2.52. The fourth-order valence-corrected chi connectivity index (χ4v) is 2.81. The van der Waals surface area contributed by atoms with Gasteiger partial charge in [0.05, 0.1) is 6.20 Å². The van der Waals surface area contributed by atoms with E-state index in [4.69, 9.17) is 4.74 Å². The van der Waals surface area contributed by atoms with Gasteiger partial charge in [0.25, 0.3) is 5.88 Å². The van der Waals surface area contributed by atoms with Crippen LogP contribution in [0.2, 0.25) is 0 Å². The number of fused-ring (bicyclic) bond motifs is 1. The van der Waals surface area contributed by atoms with Gasteiger partial charge in [-0.05, 0) is 30.5 Å². The third kappa shape index (κ3) is 3.25. The number of nitrogens with one attached hydrogen (secondary N) is 2. The number of ether oxygens (including phenoxy) is 1. The molecule has 1 fully saturated rings. The van der Waals surface area contributed by atoms with Gasteiger partial charge in [-0.15, -0.1) is 0 Å². The van der Waals surface area contributed by atoms with Crippen molar-refractivity contribution in [3.8, 4) is 11.9 Å². The van der Waals surface area contributed by atoms with E-state index in [1.54, 1.807) is 18.2 Å². The van der Waals surface area contributed by atoms with Crippen LogP contribution < -0.4 is 15.4 Å². The molecule has 0 amide bonds. The highest BCUT2D eigenvalue weighted by Crippen LogP contribution is 2.23. The standard InChI is InChI=1S/C18H15FN6O/c19-14-3-1-2-11-6-16(23-9-13(11)14)24-17-10-22-15(7-20)18(25-17)26-12-4-5-21-8-12/h1-3,6,9-10,12,21H,4-5,8H2,(H,23,24,25)/t12-/m1/s1. The van der Waals surface area contributed by atoms with E-state index in [1.807, 2.05) is 6.07 Å². The molecule has 0 saturated carbocycles. The average Bonchev–Trinajstić information content (AvgIpc) is 3.15. The summed E-state index contributed by atoms with van der Waals surface area (Å²) < 4.78 is 19.5. The Balaban J connectivity index is 1.60. The fraction of sp³-hybridized carbons (Fsp3) is 0.222. The van der Waals surface area contributed by atoms with E-state index in [0.717, 1.165) is 18.4 Å². The maximum atomic E-state index is 13.7. The minimum atomic E-state index is -0.319. The number of anilines is 2. The van der Waals surface area contributed by atoms with Crippen LogP contribution in [0, 0.1) is 17.1 Å². The molecule has 0 aliphatic carbocycles. The second-order valence-electron chi connectivity index (χ2n) is 5.91. The molecule has 0 radical (unpaired) electrons. The Kier molecular flexibility index (Phi) is 4.29. The smallest absolute Gasteiger partial charge is 0.253 e. The molecule has 3 heterocycles. The first-order valence-corrected chi connectivity index (χ1v) is 8.19. The molecule has 1 saturated heterocycles. The van der Waals surface area contributed by atoms with Crippen molar-refractivity contribution in [1.82, 2.24) is 20.3 Å². The number of halogens is 1. The SMILES string of the molecule is N#Cc1ncc(Nc2cc3cccc(F)c3cn2)nc1O[C@@H]1CCNC1. The van der Waals surface area contributed by atoms with Crippen LogP contribution in [-0.2, 0) is 0 Å². The van der Waals surface area contributed by atoms with Gasteiger partial charge < -0.3 is 15.4 Å². The van der Waals surface area contributed by atoms with Gasteiger partial charge in [0.2, 0.25) is 5.69 Å². The van der Waals surface area contributed by atoms with Crippen molar-refractivity contribution in [3.63, 3.8) is 0 Å². The van der Waals surface area contributed by atoms with Gasteiger partial charge in [-0.3, -0.25) is 0 Å². The zero-order valence-electron chi connectivity index (χ0n) is 13.7. The summed E-state index contributed by atoms with van der Waals surface area (Å²) in [6.07, 6.45) is 3.72. The lowest BCUT2D eigenvalue weighted by Gasteiger charge is -2.13. The van der Waals surface area contributed by atoms with Gasteiger partial charge in [-0.1, -0.05) is 12.1 Å². The molecule has 2 aromatic heterocycles. The Morgan fingerprint density at radius 3 is 3.00 bits per heavy atom. The highest BCUT2D eigenvalue weighted by molar-refractivity contribution is 5.84. The largest absolute Gasteiger partial charge is 0.471 e. The van der Waals surface area contributed by atoms with E-state index in [0.29, 0.717) is 23.6 Å². The predicted molar refractivity (Wildman–Crippen MR) is 93.6 cm³/mol. The number of hydrogen-bond acceptors (Lipinski definition) is 7. The van der Waals surface area contributed by atoms with Crippen LogP contribution in [-0.4, -0.2) is 34.1 Å². The van der Waals surface area contributed by atoms with Crippen LogP contribution in [0.15, 0.2) is 36.7 Å². The minimum Gasteiger partial charge on any atom is -0.471 e. The molecule has 7 nitrogen and oxygen atoms in total. The summed E-state index contributed by atoms with van der Waals surface area (Å²) in [5.74, 6) is 0.766. The maximum Gasteiger partial charge on any atom is 0.253 e. The number of aromatic nitrogens is 3. The van der Waals surface area contributed by atoms with Crippen molar-refractivity contribution in [2.75, 3.05) is 18.4 Å². The third-order valence-corrected chi connectivity index (χ3v) is 4.11. The second kappa shape index (κ2) is 6.90. The molecule has 1 aromatic carbocycles. The van der Waals surface area contributed by atoms with Crippen LogP contribution in [0.3, 0.4) is 0 Å². The van der Waals surface area contributed by atoms with E-state index in [-0.39, 0.29) is 23.5 Å². The zero-order chi connectivity index (χ0) is 17.9. The first kappa shape index (κ1) is 16.2. The molecule has 1 atom stereocenters. The second-order valence-corrected chi connectivity index (χ2v) is 5.91. The topological polar surface area (TPSA) is 95.8 Å². The Hall–Kier alpha value is -3.31. The van der Waals surface area contributed by atoms with Crippen molar-refractivity contribution in [2.45, 2.75) is 12.5 Å². The van der Waals surface area contributed by atoms with E-state index in [1.165, 1.54) is 18.5 Å². The first-order valence-electron chi connectivity index (χ1n) is 8.19. The molecule has 0 unspecified atom stereocenters.